The molecule has 3 rings (SSSR count). The Bertz CT molecular complexity index is 985. The Balaban J connectivity index is 1.73. The maximum atomic E-state index is 12.4. The van der Waals surface area contributed by atoms with Crippen LogP contribution in [0.2, 0.25) is 0 Å². The predicted octanol–water partition coefficient (Wildman–Crippen LogP) is 3.94. The van der Waals surface area contributed by atoms with E-state index in [0.29, 0.717) is 17.3 Å². The number of sulfonamides is 1. The molecule has 6 nitrogen and oxygen atoms in total. The normalized spacial score (nSPS) is 11.0. The molecule has 26 heavy (non-hydrogen) atoms. The number of ether oxygens (including phenoxy) is 1. The Labute approximate surface area is 152 Å². The van der Waals surface area contributed by atoms with Crippen molar-refractivity contribution in [3.05, 3.63) is 72.4 Å². The zero-order chi connectivity index (χ0) is 18.6. The van der Waals surface area contributed by atoms with Crippen LogP contribution < -0.4 is 14.8 Å². The number of aromatic nitrogens is 1. The summed E-state index contributed by atoms with van der Waals surface area (Å²) >= 11 is 0. The highest BCUT2D eigenvalue weighted by atomic mass is 32.2. The van der Waals surface area contributed by atoms with E-state index in [4.69, 9.17) is 4.74 Å². The van der Waals surface area contributed by atoms with Gasteiger partial charge in [-0.05, 0) is 55.0 Å². The van der Waals surface area contributed by atoms with Gasteiger partial charge in [-0.3, -0.25) is 4.72 Å². The van der Waals surface area contributed by atoms with Crippen molar-refractivity contribution in [2.45, 2.75) is 11.8 Å². The number of benzene rings is 2. The summed E-state index contributed by atoms with van der Waals surface area (Å²) in [5, 5.41) is 3.20. The molecule has 0 atom stereocenters. The number of nitrogens with zero attached hydrogens (tertiary/aromatic N) is 1. The summed E-state index contributed by atoms with van der Waals surface area (Å²) in [4.78, 5) is 4.42. The maximum Gasteiger partial charge on any atom is 0.261 e. The number of para-hydroxylation sites is 1. The van der Waals surface area contributed by atoms with Gasteiger partial charge in [0.05, 0.1) is 23.9 Å². The summed E-state index contributed by atoms with van der Waals surface area (Å²) in [5.74, 6) is 1.23. The molecule has 0 amide bonds. The second kappa shape index (κ2) is 7.45. The molecule has 1 heterocycles. The quantitative estimate of drug-likeness (QED) is 0.688. The molecule has 0 saturated carbocycles. The minimum absolute atomic E-state index is 0.153. The average Bonchev–Trinajstić information content (AvgIpc) is 2.65. The van der Waals surface area contributed by atoms with Crippen LogP contribution in [0, 0.1) is 6.92 Å². The van der Waals surface area contributed by atoms with Crippen molar-refractivity contribution in [1.29, 1.82) is 0 Å². The Morgan fingerprint density at radius 1 is 0.962 bits per heavy atom. The molecule has 0 bridgehead atoms. The van der Waals surface area contributed by atoms with Gasteiger partial charge < -0.3 is 10.1 Å². The monoisotopic (exact) mass is 369 g/mol. The molecule has 0 fully saturated rings. The van der Waals surface area contributed by atoms with Crippen LogP contribution in [0.1, 0.15) is 5.56 Å². The fourth-order valence-corrected chi connectivity index (χ4v) is 3.39. The van der Waals surface area contributed by atoms with Gasteiger partial charge in [0.25, 0.3) is 10.0 Å². The fraction of sp³-hybridized carbons (Fsp3) is 0.105. The lowest BCUT2D eigenvalue weighted by atomic mass is 10.2. The predicted molar refractivity (Wildman–Crippen MR) is 103 cm³/mol. The van der Waals surface area contributed by atoms with E-state index in [0.717, 1.165) is 11.3 Å². The first-order valence-corrected chi connectivity index (χ1v) is 9.42. The lowest BCUT2D eigenvalue weighted by Crippen LogP contribution is -2.13. The Morgan fingerprint density at radius 2 is 1.69 bits per heavy atom. The van der Waals surface area contributed by atoms with E-state index >= 15 is 0 Å². The minimum atomic E-state index is -3.68. The van der Waals surface area contributed by atoms with Crippen LogP contribution >= 0.6 is 0 Å². The highest BCUT2D eigenvalue weighted by Gasteiger charge is 2.14. The van der Waals surface area contributed by atoms with Gasteiger partial charge in [0.2, 0.25) is 0 Å². The molecular formula is C19H19N3O3S. The standard InChI is InChI=1S/C19H19N3O3S/c1-14-5-3-4-6-18(14)21-19-12-7-15(13-20-19)22-26(23,24)17-10-8-16(25-2)9-11-17/h3-13,22H,1-2H3,(H,20,21). The molecular weight excluding hydrogens is 350 g/mol. The zero-order valence-electron chi connectivity index (χ0n) is 14.4. The van der Waals surface area contributed by atoms with E-state index in [1.807, 2.05) is 31.2 Å². The van der Waals surface area contributed by atoms with E-state index in [-0.39, 0.29) is 4.90 Å². The van der Waals surface area contributed by atoms with Crippen molar-refractivity contribution in [2.24, 2.45) is 0 Å². The van der Waals surface area contributed by atoms with Crippen LogP contribution in [0.3, 0.4) is 0 Å². The molecule has 0 aliphatic carbocycles. The van der Waals surface area contributed by atoms with E-state index in [1.165, 1.54) is 25.4 Å². The smallest absolute Gasteiger partial charge is 0.261 e. The van der Waals surface area contributed by atoms with Gasteiger partial charge in [0.1, 0.15) is 11.6 Å². The van der Waals surface area contributed by atoms with Gasteiger partial charge >= 0.3 is 0 Å². The summed E-state index contributed by atoms with van der Waals surface area (Å²) in [6.07, 6.45) is 1.47. The van der Waals surface area contributed by atoms with Gasteiger partial charge in [0, 0.05) is 5.69 Å². The van der Waals surface area contributed by atoms with Crippen LogP contribution in [0.25, 0.3) is 0 Å². The molecule has 2 N–H and O–H groups in total. The van der Waals surface area contributed by atoms with Crippen molar-refractivity contribution >= 4 is 27.2 Å². The highest BCUT2D eigenvalue weighted by Crippen LogP contribution is 2.22. The minimum Gasteiger partial charge on any atom is -0.497 e. The summed E-state index contributed by atoms with van der Waals surface area (Å²) < 4.78 is 32.4. The van der Waals surface area contributed by atoms with Crippen molar-refractivity contribution in [3.8, 4) is 5.75 Å². The summed E-state index contributed by atoms with van der Waals surface area (Å²) in [5.41, 5.74) is 2.43. The van der Waals surface area contributed by atoms with Crippen molar-refractivity contribution < 1.29 is 13.2 Å². The second-order valence-corrected chi connectivity index (χ2v) is 7.34. The molecule has 0 aliphatic heterocycles. The fourth-order valence-electron chi connectivity index (χ4n) is 2.35. The Kier molecular flexibility index (Phi) is 5.09. The molecule has 3 aromatic rings. The molecule has 0 saturated heterocycles. The first-order chi connectivity index (χ1) is 12.5. The third kappa shape index (κ3) is 4.12. The van der Waals surface area contributed by atoms with Crippen LogP contribution in [0.15, 0.2) is 71.8 Å². The van der Waals surface area contributed by atoms with Gasteiger partial charge in [-0.15, -0.1) is 0 Å². The van der Waals surface area contributed by atoms with E-state index in [2.05, 4.69) is 15.0 Å². The molecule has 7 heteroatoms. The topological polar surface area (TPSA) is 80.3 Å². The number of nitrogens with one attached hydrogen (secondary N) is 2. The number of methoxy groups -OCH3 is 1. The molecule has 0 unspecified atom stereocenters. The largest absolute Gasteiger partial charge is 0.497 e. The molecule has 0 spiro atoms. The highest BCUT2D eigenvalue weighted by molar-refractivity contribution is 7.92. The first-order valence-electron chi connectivity index (χ1n) is 7.93. The number of aryl methyl sites for hydroxylation is 1. The van der Waals surface area contributed by atoms with Gasteiger partial charge in [0.15, 0.2) is 0 Å². The van der Waals surface area contributed by atoms with E-state index in [1.54, 1.807) is 24.3 Å². The van der Waals surface area contributed by atoms with Crippen LogP contribution in [-0.2, 0) is 10.0 Å². The van der Waals surface area contributed by atoms with Gasteiger partial charge in [-0.25, -0.2) is 13.4 Å². The number of hydrogen-bond donors (Lipinski definition) is 2. The Hall–Kier alpha value is -3.06. The maximum absolute atomic E-state index is 12.4. The van der Waals surface area contributed by atoms with Crippen molar-refractivity contribution in [3.63, 3.8) is 0 Å². The van der Waals surface area contributed by atoms with E-state index < -0.39 is 10.0 Å². The Morgan fingerprint density at radius 3 is 2.31 bits per heavy atom. The van der Waals surface area contributed by atoms with Crippen molar-refractivity contribution in [2.75, 3.05) is 17.1 Å². The molecule has 0 aliphatic rings. The van der Waals surface area contributed by atoms with Crippen LogP contribution in [0.4, 0.5) is 17.2 Å². The summed E-state index contributed by atoms with van der Waals surface area (Å²) in [6, 6.07) is 17.4. The van der Waals surface area contributed by atoms with Crippen molar-refractivity contribution in [1.82, 2.24) is 4.98 Å². The first kappa shape index (κ1) is 17.8. The number of pyridine rings is 1. The van der Waals surface area contributed by atoms with Crippen LogP contribution in [0.5, 0.6) is 5.75 Å². The number of hydrogen-bond acceptors (Lipinski definition) is 5. The third-order valence-electron chi connectivity index (χ3n) is 3.79. The number of rotatable bonds is 6. The van der Waals surface area contributed by atoms with E-state index in [9.17, 15) is 8.42 Å². The second-order valence-electron chi connectivity index (χ2n) is 5.65. The van der Waals surface area contributed by atoms with Crippen LogP contribution in [-0.4, -0.2) is 20.5 Å². The third-order valence-corrected chi connectivity index (χ3v) is 5.19. The summed E-state index contributed by atoms with van der Waals surface area (Å²) in [6.45, 7) is 2.00. The zero-order valence-corrected chi connectivity index (χ0v) is 15.2. The number of anilines is 3. The molecule has 2 aromatic carbocycles. The lowest BCUT2D eigenvalue weighted by molar-refractivity contribution is 0.414. The summed E-state index contributed by atoms with van der Waals surface area (Å²) in [7, 11) is -2.15. The molecule has 0 radical (unpaired) electrons. The average molecular weight is 369 g/mol. The molecule has 134 valence electrons. The lowest BCUT2D eigenvalue weighted by Gasteiger charge is -2.11. The molecule has 1 aromatic heterocycles. The van der Waals surface area contributed by atoms with Gasteiger partial charge in [-0.2, -0.15) is 0 Å². The van der Waals surface area contributed by atoms with Gasteiger partial charge in [-0.1, -0.05) is 18.2 Å². The SMILES string of the molecule is COc1ccc(S(=O)(=O)Nc2ccc(Nc3ccccc3C)nc2)cc1.